The molecule has 0 fully saturated rings. The summed E-state index contributed by atoms with van der Waals surface area (Å²) in [7, 11) is -3.70. The van der Waals surface area contributed by atoms with Crippen molar-refractivity contribution in [3.05, 3.63) is 63.1 Å². The van der Waals surface area contributed by atoms with Crippen molar-refractivity contribution in [1.82, 2.24) is 14.9 Å². The van der Waals surface area contributed by atoms with Gasteiger partial charge in [-0.05, 0) is 31.2 Å². The van der Waals surface area contributed by atoms with Gasteiger partial charge >= 0.3 is 0 Å². The maximum absolute atomic E-state index is 12.4. The molecule has 2 aromatic rings. The molecule has 0 saturated carbocycles. The summed E-state index contributed by atoms with van der Waals surface area (Å²) in [5.41, 5.74) is 1.08. The second-order valence-corrected chi connectivity index (χ2v) is 9.15. The summed E-state index contributed by atoms with van der Waals surface area (Å²) in [6, 6.07) is 8.90. The van der Waals surface area contributed by atoms with E-state index in [9.17, 15) is 22.8 Å². The van der Waals surface area contributed by atoms with Gasteiger partial charge in [-0.3, -0.25) is 19.3 Å². The van der Waals surface area contributed by atoms with Crippen LogP contribution >= 0.6 is 23.2 Å². The molecular formula is C19H17Cl2N3O5S. The van der Waals surface area contributed by atoms with Crippen molar-refractivity contribution < 1.29 is 22.8 Å². The number of amides is 3. The molecule has 3 amide bonds. The molecule has 0 atom stereocenters. The zero-order valence-corrected chi connectivity index (χ0v) is 18.1. The Morgan fingerprint density at radius 3 is 2.03 bits per heavy atom. The van der Waals surface area contributed by atoms with E-state index in [1.807, 2.05) is 6.92 Å². The minimum Gasteiger partial charge on any atom is -0.353 e. The van der Waals surface area contributed by atoms with Crippen LogP contribution in [0.15, 0.2) is 41.3 Å². The average Bonchev–Trinajstić information content (AvgIpc) is 2.90. The lowest BCUT2D eigenvalue weighted by Gasteiger charge is -2.14. The molecule has 0 spiro atoms. The monoisotopic (exact) mass is 469 g/mol. The third-order valence-corrected chi connectivity index (χ3v) is 6.58. The number of hydrogen-bond acceptors (Lipinski definition) is 5. The van der Waals surface area contributed by atoms with Crippen LogP contribution in [0.5, 0.6) is 0 Å². The average molecular weight is 470 g/mol. The molecule has 3 rings (SSSR count). The third kappa shape index (κ3) is 4.65. The highest BCUT2D eigenvalue weighted by atomic mass is 35.5. The van der Waals surface area contributed by atoms with Crippen LogP contribution in [-0.4, -0.2) is 50.7 Å². The van der Waals surface area contributed by atoms with Gasteiger partial charge in [-0.25, -0.2) is 13.1 Å². The zero-order chi connectivity index (χ0) is 22.1. The molecule has 0 aromatic heterocycles. The lowest BCUT2D eigenvalue weighted by atomic mass is 10.1. The van der Waals surface area contributed by atoms with Crippen LogP contribution in [0, 0.1) is 6.92 Å². The Morgan fingerprint density at radius 2 is 1.50 bits per heavy atom. The van der Waals surface area contributed by atoms with Gasteiger partial charge in [0.15, 0.2) is 0 Å². The van der Waals surface area contributed by atoms with Gasteiger partial charge in [0.2, 0.25) is 15.9 Å². The number of nitrogens with zero attached hydrogens (tertiary/aromatic N) is 1. The molecule has 2 N–H and O–H groups in total. The molecule has 0 unspecified atom stereocenters. The number of hydrogen-bond donors (Lipinski definition) is 2. The number of sulfonamides is 1. The molecule has 30 heavy (non-hydrogen) atoms. The van der Waals surface area contributed by atoms with Crippen LogP contribution in [0.2, 0.25) is 10.0 Å². The molecule has 8 nitrogen and oxygen atoms in total. The second kappa shape index (κ2) is 8.73. The molecule has 1 heterocycles. The van der Waals surface area contributed by atoms with E-state index in [1.54, 1.807) is 12.1 Å². The SMILES string of the molecule is Cc1ccc(S(=O)(=O)NCCNC(=O)CN2C(=O)c3cc(Cl)c(Cl)cc3C2=O)cc1. The summed E-state index contributed by atoms with van der Waals surface area (Å²) >= 11 is 11.8. The summed E-state index contributed by atoms with van der Waals surface area (Å²) in [6.07, 6.45) is 0. The van der Waals surface area contributed by atoms with Gasteiger partial charge in [-0.1, -0.05) is 40.9 Å². The van der Waals surface area contributed by atoms with Gasteiger partial charge in [0.1, 0.15) is 6.54 Å². The molecule has 0 aliphatic carbocycles. The summed E-state index contributed by atoms with van der Waals surface area (Å²) < 4.78 is 26.8. The van der Waals surface area contributed by atoms with Crippen molar-refractivity contribution in [1.29, 1.82) is 0 Å². The fourth-order valence-corrected chi connectivity index (χ4v) is 4.17. The fourth-order valence-electron chi connectivity index (χ4n) is 2.81. The van der Waals surface area contributed by atoms with Crippen LogP contribution in [0.3, 0.4) is 0 Å². The first-order valence-corrected chi connectivity index (χ1v) is 11.0. The van der Waals surface area contributed by atoms with Gasteiger partial charge in [-0.2, -0.15) is 0 Å². The maximum Gasteiger partial charge on any atom is 0.262 e. The van der Waals surface area contributed by atoms with E-state index in [-0.39, 0.29) is 39.2 Å². The third-order valence-electron chi connectivity index (χ3n) is 4.38. The van der Waals surface area contributed by atoms with Crippen LogP contribution < -0.4 is 10.0 Å². The number of imide groups is 1. The van der Waals surface area contributed by atoms with E-state index in [4.69, 9.17) is 23.2 Å². The molecular weight excluding hydrogens is 453 g/mol. The predicted molar refractivity (Wildman–Crippen MR) is 111 cm³/mol. The summed E-state index contributed by atoms with van der Waals surface area (Å²) in [5.74, 6) is -1.91. The van der Waals surface area contributed by atoms with E-state index in [0.29, 0.717) is 0 Å². The van der Waals surface area contributed by atoms with Crippen LogP contribution in [0.4, 0.5) is 0 Å². The maximum atomic E-state index is 12.4. The molecule has 0 radical (unpaired) electrons. The van der Waals surface area contributed by atoms with Gasteiger partial charge in [0.25, 0.3) is 11.8 Å². The Balaban J connectivity index is 1.52. The quantitative estimate of drug-likeness (QED) is 0.475. The Bertz CT molecular complexity index is 1090. The largest absolute Gasteiger partial charge is 0.353 e. The predicted octanol–water partition coefficient (Wildman–Crippen LogP) is 1.99. The highest BCUT2D eigenvalue weighted by Gasteiger charge is 2.37. The first-order chi connectivity index (χ1) is 14.1. The van der Waals surface area contributed by atoms with Crippen molar-refractivity contribution >= 4 is 50.9 Å². The minimum atomic E-state index is -3.70. The molecule has 0 saturated heterocycles. The number of nitrogens with one attached hydrogen (secondary N) is 2. The first-order valence-electron chi connectivity index (χ1n) is 8.78. The molecule has 1 aliphatic heterocycles. The van der Waals surface area contributed by atoms with Crippen molar-refractivity contribution in [3.63, 3.8) is 0 Å². The van der Waals surface area contributed by atoms with Crippen molar-refractivity contribution in [2.24, 2.45) is 0 Å². The van der Waals surface area contributed by atoms with Crippen molar-refractivity contribution in [2.45, 2.75) is 11.8 Å². The van der Waals surface area contributed by atoms with E-state index in [1.165, 1.54) is 24.3 Å². The lowest BCUT2D eigenvalue weighted by molar-refractivity contribution is -0.121. The van der Waals surface area contributed by atoms with Crippen molar-refractivity contribution in [3.8, 4) is 0 Å². The number of carbonyl (C=O) groups excluding carboxylic acids is 3. The molecule has 1 aliphatic rings. The highest BCUT2D eigenvalue weighted by Crippen LogP contribution is 2.31. The Hall–Kier alpha value is -2.46. The van der Waals surface area contributed by atoms with E-state index in [0.717, 1.165) is 10.5 Å². The summed E-state index contributed by atoms with van der Waals surface area (Å²) in [6.45, 7) is 1.25. The van der Waals surface area contributed by atoms with Crippen molar-refractivity contribution in [2.75, 3.05) is 19.6 Å². The van der Waals surface area contributed by atoms with Gasteiger partial charge in [-0.15, -0.1) is 0 Å². The molecule has 158 valence electrons. The lowest BCUT2D eigenvalue weighted by Crippen LogP contribution is -2.42. The Morgan fingerprint density at radius 1 is 0.967 bits per heavy atom. The van der Waals surface area contributed by atoms with E-state index in [2.05, 4.69) is 10.0 Å². The normalized spacial score (nSPS) is 13.5. The van der Waals surface area contributed by atoms with Gasteiger partial charge in [0, 0.05) is 13.1 Å². The summed E-state index contributed by atoms with van der Waals surface area (Å²) in [4.78, 5) is 37.8. The second-order valence-electron chi connectivity index (χ2n) is 6.57. The molecule has 11 heteroatoms. The van der Waals surface area contributed by atoms with Crippen LogP contribution in [-0.2, 0) is 14.8 Å². The van der Waals surface area contributed by atoms with Gasteiger partial charge in [0.05, 0.1) is 26.1 Å². The van der Waals surface area contributed by atoms with E-state index < -0.39 is 34.3 Å². The number of carbonyl (C=O) groups is 3. The number of fused-ring (bicyclic) bond motifs is 1. The van der Waals surface area contributed by atoms with E-state index >= 15 is 0 Å². The minimum absolute atomic E-state index is 0.0231. The smallest absolute Gasteiger partial charge is 0.262 e. The standard InChI is InChI=1S/C19H17Cl2N3O5S/c1-11-2-4-12(5-3-11)30(28,29)23-7-6-22-17(25)10-24-18(26)13-8-15(20)16(21)9-14(13)19(24)27/h2-5,8-9,23H,6-7,10H2,1H3,(H,22,25). The van der Waals surface area contributed by atoms with Gasteiger partial charge < -0.3 is 5.32 Å². The fraction of sp³-hybridized carbons (Fsp3) is 0.211. The van der Waals surface area contributed by atoms with Crippen LogP contribution in [0.25, 0.3) is 0 Å². The van der Waals surface area contributed by atoms with Crippen LogP contribution in [0.1, 0.15) is 26.3 Å². The Kier molecular flexibility index (Phi) is 6.47. The molecule has 2 aromatic carbocycles. The topological polar surface area (TPSA) is 113 Å². The zero-order valence-electron chi connectivity index (χ0n) is 15.7. The Labute approximate surface area is 183 Å². The number of halogens is 2. The first kappa shape index (κ1) is 22.2. The number of benzene rings is 2. The highest BCUT2D eigenvalue weighted by molar-refractivity contribution is 7.89. The number of rotatable bonds is 7. The number of aryl methyl sites for hydroxylation is 1. The summed E-state index contributed by atoms with van der Waals surface area (Å²) in [5, 5.41) is 2.73. The molecule has 0 bridgehead atoms.